The van der Waals surface area contributed by atoms with Crippen molar-refractivity contribution < 1.29 is 13.6 Å². The topological polar surface area (TPSA) is 79.8 Å². The summed E-state index contributed by atoms with van der Waals surface area (Å²) >= 11 is 0. The lowest BCUT2D eigenvalue weighted by molar-refractivity contribution is 0.102. The Morgan fingerprint density at radius 1 is 1.11 bits per heavy atom. The van der Waals surface area contributed by atoms with Crippen LogP contribution in [0.1, 0.15) is 16.1 Å². The maximum Gasteiger partial charge on any atom is 0.261 e. The second kappa shape index (κ2) is 6.73. The highest BCUT2D eigenvalue weighted by Gasteiger charge is 2.19. The number of aromatic amines is 1. The van der Waals surface area contributed by atoms with Gasteiger partial charge in [0.1, 0.15) is 11.2 Å². The van der Waals surface area contributed by atoms with E-state index < -0.39 is 23.0 Å². The summed E-state index contributed by atoms with van der Waals surface area (Å²) in [5.74, 6) is -2.86. The molecule has 4 aromatic rings. The minimum absolute atomic E-state index is 0.0418. The van der Waals surface area contributed by atoms with Crippen molar-refractivity contribution in [1.82, 2.24) is 14.8 Å². The SMILES string of the molecule is Cc1nn(-c2ccccc2)c2[nH]cc(C(=O)Nc3ccc(F)c(F)c3)c(=O)c12. The van der Waals surface area contributed by atoms with Crippen LogP contribution in [0.5, 0.6) is 0 Å². The maximum atomic E-state index is 13.3. The first-order chi connectivity index (χ1) is 13.5. The van der Waals surface area contributed by atoms with E-state index in [-0.39, 0.29) is 16.6 Å². The van der Waals surface area contributed by atoms with Gasteiger partial charge in [0, 0.05) is 18.0 Å². The number of carbonyl (C=O) groups is 1. The molecule has 1 amide bonds. The van der Waals surface area contributed by atoms with Crippen molar-refractivity contribution in [2.24, 2.45) is 0 Å². The number of anilines is 1. The molecule has 6 nitrogen and oxygen atoms in total. The fourth-order valence-electron chi connectivity index (χ4n) is 2.97. The van der Waals surface area contributed by atoms with Crippen molar-refractivity contribution in [1.29, 1.82) is 0 Å². The van der Waals surface area contributed by atoms with E-state index in [2.05, 4.69) is 15.4 Å². The van der Waals surface area contributed by atoms with E-state index in [1.165, 1.54) is 12.3 Å². The van der Waals surface area contributed by atoms with E-state index >= 15 is 0 Å². The molecule has 0 aliphatic heterocycles. The molecule has 0 radical (unpaired) electrons. The summed E-state index contributed by atoms with van der Waals surface area (Å²) in [6.07, 6.45) is 1.28. The molecule has 2 aromatic carbocycles. The number of hydrogen-bond donors (Lipinski definition) is 2. The van der Waals surface area contributed by atoms with E-state index in [9.17, 15) is 18.4 Å². The number of benzene rings is 2. The van der Waals surface area contributed by atoms with Crippen molar-refractivity contribution in [3.8, 4) is 5.69 Å². The number of hydrogen-bond acceptors (Lipinski definition) is 3. The molecule has 0 aliphatic carbocycles. The Hall–Kier alpha value is -3.81. The zero-order valence-corrected chi connectivity index (χ0v) is 14.7. The molecule has 28 heavy (non-hydrogen) atoms. The second-order valence-electron chi connectivity index (χ2n) is 6.17. The Balaban J connectivity index is 1.76. The largest absolute Gasteiger partial charge is 0.345 e. The number of para-hydroxylation sites is 1. The molecule has 140 valence electrons. The van der Waals surface area contributed by atoms with Gasteiger partial charge in [0.15, 0.2) is 11.6 Å². The number of fused-ring (bicyclic) bond motifs is 1. The first-order valence-electron chi connectivity index (χ1n) is 8.38. The van der Waals surface area contributed by atoms with Crippen LogP contribution in [0.25, 0.3) is 16.7 Å². The Labute approximate surface area is 157 Å². The van der Waals surface area contributed by atoms with Gasteiger partial charge in [-0.1, -0.05) is 18.2 Å². The van der Waals surface area contributed by atoms with Crippen LogP contribution in [0.3, 0.4) is 0 Å². The smallest absolute Gasteiger partial charge is 0.261 e. The summed E-state index contributed by atoms with van der Waals surface area (Å²) in [4.78, 5) is 28.3. The number of carbonyl (C=O) groups excluding carboxylic acids is 1. The molecule has 0 saturated carbocycles. The average molecular weight is 380 g/mol. The molecule has 0 atom stereocenters. The number of halogens is 2. The van der Waals surface area contributed by atoms with Gasteiger partial charge in [-0.15, -0.1) is 0 Å². The summed E-state index contributed by atoms with van der Waals surface area (Å²) in [6, 6.07) is 12.2. The zero-order chi connectivity index (χ0) is 19.8. The summed E-state index contributed by atoms with van der Waals surface area (Å²) < 4.78 is 28.0. The molecule has 2 heterocycles. The maximum absolute atomic E-state index is 13.3. The molecule has 8 heteroatoms. The van der Waals surface area contributed by atoms with E-state index in [0.717, 1.165) is 17.8 Å². The summed E-state index contributed by atoms with van der Waals surface area (Å²) in [5.41, 5.74) is 1.05. The summed E-state index contributed by atoms with van der Waals surface area (Å²) in [6.45, 7) is 1.67. The second-order valence-corrected chi connectivity index (χ2v) is 6.17. The Morgan fingerprint density at radius 2 is 1.86 bits per heavy atom. The third-order valence-corrected chi connectivity index (χ3v) is 4.31. The number of nitrogens with zero attached hydrogens (tertiary/aromatic N) is 2. The molecule has 0 aliphatic rings. The van der Waals surface area contributed by atoms with Crippen LogP contribution in [-0.2, 0) is 0 Å². The minimum atomic E-state index is -1.10. The normalized spacial score (nSPS) is 11.0. The summed E-state index contributed by atoms with van der Waals surface area (Å²) in [7, 11) is 0. The first-order valence-corrected chi connectivity index (χ1v) is 8.38. The lowest BCUT2D eigenvalue weighted by atomic mass is 10.1. The number of H-pyrrole nitrogens is 1. The molecule has 0 saturated heterocycles. The Bertz CT molecular complexity index is 1260. The van der Waals surface area contributed by atoms with Gasteiger partial charge in [-0.05, 0) is 31.2 Å². The molecule has 2 N–H and O–H groups in total. The Morgan fingerprint density at radius 3 is 2.57 bits per heavy atom. The van der Waals surface area contributed by atoms with Gasteiger partial charge < -0.3 is 10.3 Å². The quantitative estimate of drug-likeness (QED) is 0.570. The van der Waals surface area contributed by atoms with Gasteiger partial charge in [0.2, 0.25) is 5.43 Å². The minimum Gasteiger partial charge on any atom is -0.345 e. The van der Waals surface area contributed by atoms with Gasteiger partial charge in [-0.3, -0.25) is 9.59 Å². The van der Waals surface area contributed by atoms with Crippen LogP contribution in [0.15, 0.2) is 59.5 Å². The first kappa shape index (κ1) is 17.6. The van der Waals surface area contributed by atoms with Crippen molar-refractivity contribution >= 4 is 22.6 Å². The fourth-order valence-corrected chi connectivity index (χ4v) is 2.97. The van der Waals surface area contributed by atoms with E-state index in [0.29, 0.717) is 11.3 Å². The van der Waals surface area contributed by atoms with Crippen molar-refractivity contribution in [3.05, 3.63) is 87.8 Å². The van der Waals surface area contributed by atoms with Crippen LogP contribution in [0, 0.1) is 18.6 Å². The van der Waals surface area contributed by atoms with Gasteiger partial charge in [-0.2, -0.15) is 5.10 Å². The van der Waals surface area contributed by atoms with Gasteiger partial charge in [-0.25, -0.2) is 13.5 Å². The lowest BCUT2D eigenvalue weighted by Gasteiger charge is -2.06. The van der Waals surface area contributed by atoms with Crippen LogP contribution in [0.2, 0.25) is 0 Å². The highest BCUT2D eigenvalue weighted by molar-refractivity contribution is 6.05. The molecule has 0 bridgehead atoms. The molecule has 4 rings (SSSR count). The van der Waals surface area contributed by atoms with Crippen molar-refractivity contribution in [2.75, 3.05) is 5.32 Å². The van der Waals surface area contributed by atoms with Crippen molar-refractivity contribution in [2.45, 2.75) is 6.92 Å². The van der Waals surface area contributed by atoms with Crippen LogP contribution < -0.4 is 10.7 Å². The van der Waals surface area contributed by atoms with Crippen molar-refractivity contribution in [3.63, 3.8) is 0 Å². The van der Waals surface area contributed by atoms with Crippen LogP contribution in [-0.4, -0.2) is 20.7 Å². The number of rotatable bonds is 3. The highest BCUT2D eigenvalue weighted by atomic mass is 19.2. The monoisotopic (exact) mass is 380 g/mol. The number of amides is 1. The van der Waals surface area contributed by atoms with Crippen LogP contribution >= 0.6 is 0 Å². The predicted octanol–water partition coefficient (Wildman–Crippen LogP) is 3.55. The predicted molar refractivity (Wildman–Crippen MR) is 101 cm³/mol. The Kier molecular flexibility index (Phi) is 4.23. The molecular weight excluding hydrogens is 366 g/mol. The van der Waals surface area contributed by atoms with E-state index in [1.54, 1.807) is 11.6 Å². The van der Waals surface area contributed by atoms with Crippen LogP contribution in [0.4, 0.5) is 14.5 Å². The van der Waals surface area contributed by atoms with Gasteiger partial charge >= 0.3 is 0 Å². The van der Waals surface area contributed by atoms with Gasteiger partial charge in [0.05, 0.1) is 16.8 Å². The number of aromatic nitrogens is 3. The lowest BCUT2D eigenvalue weighted by Crippen LogP contribution is -2.22. The highest BCUT2D eigenvalue weighted by Crippen LogP contribution is 2.18. The molecule has 0 spiro atoms. The van der Waals surface area contributed by atoms with E-state index in [4.69, 9.17) is 0 Å². The molecule has 0 unspecified atom stereocenters. The standard InChI is InChI=1S/C20H14F2N4O2/c1-11-17-18(27)14(20(28)24-12-7-8-15(21)16(22)9-12)10-23-19(17)26(25-11)13-5-3-2-4-6-13/h2-10H,1H3,(H,23,27)(H,24,28). The van der Waals surface area contributed by atoms with Gasteiger partial charge in [0.25, 0.3) is 5.91 Å². The molecule has 2 aromatic heterocycles. The fraction of sp³-hybridized carbons (Fsp3) is 0.0500. The average Bonchev–Trinajstić information content (AvgIpc) is 3.03. The number of aryl methyl sites for hydroxylation is 1. The zero-order valence-electron chi connectivity index (χ0n) is 14.7. The number of pyridine rings is 1. The molecule has 0 fully saturated rings. The van der Waals surface area contributed by atoms with E-state index in [1.807, 2.05) is 30.3 Å². The summed E-state index contributed by atoms with van der Waals surface area (Å²) in [5, 5.41) is 7.07. The number of nitrogens with one attached hydrogen (secondary N) is 2. The molecular formula is C20H14F2N4O2. The third kappa shape index (κ3) is 2.94. The third-order valence-electron chi connectivity index (χ3n) is 4.31.